The maximum atomic E-state index is 11.1. The maximum Gasteiger partial charge on any atom is 0.316 e. The number of benzene rings is 1. The van der Waals surface area contributed by atoms with Crippen molar-refractivity contribution in [3.8, 4) is 5.75 Å². The Morgan fingerprint density at radius 3 is 2.71 bits per heavy atom. The summed E-state index contributed by atoms with van der Waals surface area (Å²) in [5, 5.41) is 9.13. The van der Waals surface area contributed by atoms with E-state index in [-0.39, 0.29) is 11.7 Å². The third kappa shape index (κ3) is 5.02. The van der Waals surface area contributed by atoms with Gasteiger partial charge in [-0.15, -0.1) is 10.2 Å². The molecule has 21 heavy (non-hydrogen) atoms. The van der Waals surface area contributed by atoms with E-state index in [9.17, 15) is 4.79 Å². The fraction of sp³-hybridized carbons (Fsp3) is 0.357. The monoisotopic (exact) mass is 324 g/mol. The van der Waals surface area contributed by atoms with Gasteiger partial charge in [-0.25, -0.2) is 0 Å². The van der Waals surface area contributed by atoms with E-state index in [1.54, 1.807) is 0 Å². The molecule has 1 aromatic carbocycles. The molecule has 0 bridgehead atoms. The minimum absolute atomic E-state index is 0.258. The highest BCUT2D eigenvalue weighted by Gasteiger charge is 2.08. The second-order valence-corrected chi connectivity index (χ2v) is 6.36. The number of carbonyl (C=O) groups excluding carboxylic acids is 1. The zero-order valence-electron chi connectivity index (χ0n) is 11.9. The molecule has 0 aliphatic heterocycles. The number of thioether (sulfide) groups is 1. The van der Waals surface area contributed by atoms with E-state index >= 15 is 0 Å². The largest absolute Gasteiger partial charge is 0.494 e. The van der Waals surface area contributed by atoms with E-state index in [4.69, 9.17) is 4.74 Å². The lowest BCUT2D eigenvalue weighted by molar-refractivity contribution is -0.137. The molecule has 1 heterocycles. The third-order valence-corrected chi connectivity index (χ3v) is 4.61. The highest BCUT2D eigenvalue weighted by molar-refractivity contribution is 8.01. The second kappa shape index (κ2) is 7.99. The molecular formula is C14H16N2O3S2. The van der Waals surface area contributed by atoms with Crippen molar-refractivity contribution >= 4 is 29.1 Å². The number of nitrogens with zero attached hydrogens (tertiary/aromatic N) is 2. The molecule has 112 valence electrons. The van der Waals surface area contributed by atoms with Gasteiger partial charge in [-0.3, -0.25) is 4.79 Å². The fourth-order valence-corrected chi connectivity index (χ4v) is 3.35. The van der Waals surface area contributed by atoms with Crippen LogP contribution in [0.2, 0.25) is 0 Å². The Morgan fingerprint density at radius 1 is 1.29 bits per heavy atom. The molecule has 0 atom stereocenters. The standard InChI is InChI=1S/C14H16N2O3S2/c1-3-19-11-6-4-10(5-7-11)8-12-15-16-14(21-12)20-9-13(17)18-2/h4-7H,3,8-9H2,1-2H3. The number of hydrogen-bond donors (Lipinski definition) is 0. The molecule has 1 aromatic heterocycles. The van der Waals surface area contributed by atoms with Gasteiger partial charge in [0.2, 0.25) is 0 Å². The van der Waals surface area contributed by atoms with Gasteiger partial charge in [0.1, 0.15) is 10.8 Å². The topological polar surface area (TPSA) is 61.3 Å². The molecule has 2 aromatic rings. The first kappa shape index (κ1) is 15.8. The Bertz CT molecular complexity index is 584. The van der Waals surface area contributed by atoms with Crippen molar-refractivity contribution < 1.29 is 14.3 Å². The van der Waals surface area contributed by atoms with Gasteiger partial charge >= 0.3 is 5.97 Å². The lowest BCUT2D eigenvalue weighted by Gasteiger charge is -2.03. The normalized spacial score (nSPS) is 10.4. The first-order valence-electron chi connectivity index (χ1n) is 6.45. The van der Waals surface area contributed by atoms with Crippen LogP contribution in [0.15, 0.2) is 28.6 Å². The van der Waals surface area contributed by atoms with E-state index in [1.165, 1.54) is 30.2 Å². The number of esters is 1. The summed E-state index contributed by atoms with van der Waals surface area (Å²) in [6, 6.07) is 7.95. The van der Waals surface area contributed by atoms with Gasteiger partial charge in [0, 0.05) is 6.42 Å². The molecule has 0 saturated carbocycles. The van der Waals surface area contributed by atoms with Crippen molar-refractivity contribution in [1.82, 2.24) is 10.2 Å². The zero-order chi connectivity index (χ0) is 15.1. The maximum absolute atomic E-state index is 11.1. The van der Waals surface area contributed by atoms with Gasteiger partial charge in [0.25, 0.3) is 0 Å². The predicted molar refractivity (Wildman–Crippen MR) is 83.1 cm³/mol. The van der Waals surface area contributed by atoms with Crippen LogP contribution in [0.4, 0.5) is 0 Å². The van der Waals surface area contributed by atoms with Crippen LogP contribution in [0.25, 0.3) is 0 Å². The zero-order valence-corrected chi connectivity index (χ0v) is 13.5. The molecule has 0 aliphatic rings. The Kier molecular flexibility index (Phi) is 6.01. The van der Waals surface area contributed by atoms with Crippen LogP contribution in [0.5, 0.6) is 5.75 Å². The van der Waals surface area contributed by atoms with Gasteiger partial charge in [-0.2, -0.15) is 0 Å². The van der Waals surface area contributed by atoms with Gasteiger partial charge in [0.15, 0.2) is 4.34 Å². The smallest absolute Gasteiger partial charge is 0.316 e. The summed E-state index contributed by atoms with van der Waals surface area (Å²) < 4.78 is 10.8. The summed E-state index contributed by atoms with van der Waals surface area (Å²) >= 11 is 2.84. The second-order valence-electron chi connectivity index (χ2n) is 4.08. The molecule has 0 spiro atoms. The van der Waals surface area contributed by atoms with Crippen LogP contribution < -0.4 is 4.74 Å². The van der Waals surface area contributed by atoms with Crippen molar-refractivity contribution in [2.45, 2.75) is 17.7 Å². The highest BCUT2D eigenvalue weighted by Crippen LogP contribution is 2.24. The summed E-state index contributed by atoms with van der Waals surface area (Å²) in [4.78, 5) is 11.1. The molecule has 0 unspecified atom stereocenters. The Hall–Kier alpha value is -1.60. The predicted octanol–water partition coefficient (Wildman–Crippen LogP) is 2.79. The molecule has 2 rings (SSSR count). The number of methoxy groups -OCH3 is 1. The number of aromatic nitrogens is 2. The molecule has 0 amide bonds. The van der Waals surface area contributed by atoms with E-state index < -0.39 is 0 Å². The van der Waals surface area contributed by atoms with Crippen LogP contribution in [0.3, 0.4) is 0 Å². The van der Waals surface area contributed by atoms with Crippen LogP contribution in [-0.2, 0) is 16.0 Å². The summed E-state index contributed by atoms with van der Waals surface area (Å²) in [5.41, 5.74) is 1.15. The van der Waals surface area contributed by atoms with Crippen molar-refractivity contribution in [2.24, 2.45) is 0 Å². The van der Waals surface area contributed by atoms with Crippen LogP contribution in [0.1, 0.15) is 17.5 Å². The molecular weight excluding hydrogens is 308 g/mol. The van der Waals surface area contributed by atoms with Crippen molar-refractivity contribution in [2.75, 3.05) is 19.5 Å². The number of carbonyl (C=O) groups is 1. The van der Waals surface area contributed by atoms with Gasteiger partial charge in [-0.05, 0) is 24.6 Å². The minimum atomic E-state index is -0.261. The van der Waals surface area contributed by atoms with E-state index in [1.807, 2.05) is 31.2 Å². The average Bonchev–Trinajstić information content (AvgIpc) is 2.94. The minimum Gasteiger partial charge on any atom is -0.494 e. The van der Waals surface area contributed by atoms with Gasteiger partial charge in [-0.1, -0.05) is 35.2 Å². The van der Waals surface area contributed by atoms with Crippen LogP contribution in [0, 0.1) is 0 Å². The van der Waals surface area contributed by atoms with E-state index in [2.05, 4.69) is 14.9 Å². The van der Waals surface area contributed by atoms with E-state index in [0.29, 0.717) is 6.61 Å². The Balaban J connectivity index is 1.91. The Labute approximate surface area is 131 Å². The van der Waals surface area contributed by atoms with Crippen molar-refractivity contribution in [3.63, 3.8) is 0 Å². The first-order chi connectivity index (χ1) is 10.2. The van der Waals surface area contributed by atoms with Crippen LogP contribution >= 0.6 is 23.1 Å². The summed E-state index contributed by atoms with van der Waals surface area (Å²) in [7, 11) is 1.38. The molecule has 0 aliphatic carbocycles. The summed E-state index contributed by atoms with van der Waals surface area (Å²) in [6.45, 7) is 2.62. The fourth-order valence-electron chi connectivity index (χ4n) is 1.59. The Morgan fingerprint density at radius 2 is 2.05 bits per heavy atom. The lowest BCUT2D eigenvalue weighted by atomic mass is 10.1. The highest BCUT2D eigenvalue weighted by atomic mass is 32.2. The van der Waals surface area contributed by atoms with Crippen LogP contribution in [-0.4, -0.2) is 35.6 Å². The quantitative estimate of drug-likeness (QED) is 0.576. The molecule has 7 heteroatoms. The number of rotatable bonds is 7. The molecule has 5 nitrogen and oxygen atoms in total. The van der Waals surface area contributed by atoms with Gasteiger partial charge < -0.3 is 9.47 Å². The van der Waals surface area contributed by atoms with Gasteiger partial charge in [0.05, 0.1) is 19.5 Å². The molecule has 0 fully saturated rings. The van der Waals surface area contributed by atoms with E-state index in [0.717, 1.165) is 27.1 Å². The average molecular weight is 324 g/mol. The summed E-state index contributed by atoms with van der Waals surface area (Å²) in [5.74, 6) is 0.866. The summed E-state index contributed by atoms with van der Waals surface area (Å²) in [6.07, 6.45) is 0.725. The lowest BCUT2D eigenvalue weighted by Crippen LogP contribution is -2.02. The first-order valence-corrected chi connectivity index (χ1v) is 8.25. The molecule has 0 N–H and O–H groups in total. The van der Waals surface area contributed by atoms with Crippen molar-refractivity contribution in [1.29, 1.82) is 0 Å². The molecule has 0 radical (unpaired) electrons. The number of hydrogen-bond acceptors (Lipinski definition) is 7. The number of ether oxygens (including phenoxy) is 2. The molecule has 0 saturated heterocycles. The SMILES string of the molecule is CCOc1ccc(Cc2nnc(SCC(=O)OC)s2)cc1. The third-order valence-electron chi connectivity index (χ3n) is 2.58. The van der Waals surface area contributed by atoms with Crippen molar-refractivity contribution in [3.05, 3.63) is 34.8 Å².